The third kappa shape index (κ3) is 5.46. The van der Waals surface area contributed by atoms with E-state index in [0.717, 1.165) is 62.5 Å². The lowest BCUT2D eigenvalue weighted by Gasteiger charge is -2.17. The van der Waals surface area contributed by atoms with Crippen molar-refractivity contribution < 1.29 is 16.8 Å². The molecule has 2 aliphatic rings. The number of hydrogen-bond donors (Lipinski definition) is 1. The van der Waals surface area contributed by atoms with Crippen LogP contribution in [-0.2, 0) is 26.5 Å². The SMILES string of the molecule is CC[C@@H]1C[C@H](NS(=O)(=O)C2CC2)C[C@@H]1CCCc1cnc2c(ccn2S(=O)(=O)c2ccc(C)cc2)c1Cl. The van der Waals surface area contributed by atoms with Crippen molar-refractivity contribution in [1.29, 1.82) is 0 Å². The molecule has 3 atom stereocenters. The first kappa shape index (κ1) is 26.7. The molecule has 2 fully saturated rings. The van der Waals surface area contributed by atoms with Gasteiger partial charge in [-0.25, -0.2) is 30.5 Å². The molecule has 200 valence electrons. The molecule has 0 radical (unpaired) electrons. The van der Waals surface area contributed by atoms with Crippen molar-refractivity contribution in [3.05, 3.63) is 58.9 Å². The summed E-state index contributed by atoms with van der Waals surface area (Å²) in [7, 11) is -6.94. The summed E-state index contributed by atoms with van der Waals surface area (Å²) in [6.45, 7) is 4.09. The minimum Gasteiger partial charge on any atom is -0.237 e. The number of sulfonamides is 1. The van der Waals surface area contributed by atoms with E-state index in [2.05, 4.69) is 16.6 Å². The standard InChI is InChI=1S/C27H34ClN3O4S2/c1-3-19-15-22(30-36(32,33)23-11-12-23)16-20(19)5-4-6-21-17-29-27-25(26(21)28)13-14-31(27)37(34,35)24-9-7-18(2)8-10-24/h7-10,13-14,17,19-20,22-23,30H,3-6,11-12,15-16H2,1-2H3/t19-,20+,22+/m1/s1. The predicted octanol–water partition coefficient (Wildman–Crippen LogP) is 5.44. The maximum Gasteiger partial charge on any atom is 0.269 e. The molecule has 2 aliphatic carbocycles. The number of nitrogens with one attached hydrogen (secondary N) is 1. The van der Waals surface area contributed by atoms with Crippen molar-refractivity contribution in [2.24, 2.45) is 11.8 Å². The minimum atomic E-state index is -3.78. The summed E-state index contributed by atoms with van der Waals surface area (Å²) in [6, 6.07) is 8.49. The first-order valence-electron chi connectivity index (χ1n) is 13.1. The van der Waals surface area contributed by atoms with Gasteiger partial charge in [0.2, 0.25) is 10.0 Å². The van der Waals surface area contributed by atoms with Gasteiger partial charge < -0.3 is 0 Å². The molecular weight excluding hydrogens is 530 g/mol. The van der Waals surface area contributed by atoms with Crippen molar-refractivity contribution in [3.63, 3.8) is 0 Å². The van der Waals surface area contributed by atoms with Crippen molar-refractivity contribution in [2.75, 3.05) is 0 Å². The van der Waals surface area contributed by atoms with E-state index < -0.39 is 20.0 Å². The number of fused-ring (bicyclic) bond motifs is 1. The van der Waals surface area contributed by atoms with Gasteiger partial charge in [0, 0.05) is 23.8 Å². The quantitative estimate of drug-likeness (QED) is 0.354. The Balaban J connectivity index is 1.25. The lowest BCUT2D eigenvalue weighted by atomic mass is 9.89. The molecule has 0 unspecified atom stereocenters. The predicted molar refractivity (Wildman–Crippen MR) is 147 cm³/mol. The van der Waals surface area contributed by atoms with E-state index in [0.29, 0.717) is 27.9 Å². The third-order valence-corrected chi connectivity index (χ3v) is 12.1. The van der Waals surface area contributed by atoms with E-state index in [-0.39, 0.29) is 16.2 Å². The molecule has 10 heteroatoms. The van der Waals surface area contributed by atoms with Gasteiger partial charge in [0.15, 0.2) is 5.65 Å². The van der Waals surface area contributed by atoms with Crippen LogP contribution in [-0.4, -0.2) is 37.1 Å². The number of pyridine rings is 1. The van der Waals surface area contributed by atoms with Gasteiger partial charge in [0.1, 0.15) is 0 Å². The Labute approximate surface area is 224 Å². The molecule has 1 aromatic carbocycles. The highest BCUT2D eigenvalue weighted by Crippen LogP contribution is 2.39. The van der Waals surface area contributed by atoms with Crippen LogP contribution in [0.15, 0.2) is 47.6 Å². The van der Waals surface area contributed by atoms with Gasteiger partial charge in [-0.2, -0.15) is 0 Å². The fourth-order valence-electron chi connectivity index (χ4n) is 5.69. The van der Waals surface area contributed by atoms with E-state index in [9.17, 15) is 16.8 Å². The first-order chi connectivity index (χ1) is 17.6. The molecule has 0 amide bonds. The second-order valence-electron chi connectivity index (χ2n) is 10.6. The molecule has 3 aromatic rings. The van der Waals surface area contributed by atoms with Gasteiger partial charge in [0.05, 0.1) is 15.2 Å². The number of halogens is 1. The van der Waals surface area contributed by atoms with Gasteiger partial charge in [-0.15, -0.1) is 0 Å². The molecule has 0 spiro atoms. The van der Waals surface area contributed by atoms with Gasteiger partial charge >= 0.3 is 0 Å². The van der Waals surface area contributed by atoms with Gasteiger partial charge in [-0.1, -0.05) is 42.6 Å². The normalized spacial score (nSPS) is 22.6. The van der Waals surface area contributed by atoms with E-state index in [1.54, 1.807) is 36.5 Å². The highest BCUT2D eigenvalue weighted by Gasteiger charge is 2.40. The summed E-state index contributed by atoms with van der Waals surface area (Å²) >= 11 is 6.73. The first-order valence-corrected chi connectivity index (χ1v) is 16.4. The van der Waals surface area contributed by atoms with Crippen LogP contribution >= 0.6 is 11.6 Å². The number of rotatable bonds is 10. The second kappa shape index (κ2) is 10.3. The molecule has 2 heterocycles. The fourth-order valence-corrected chi connectivity index (χ4v) is 8.89. The summed E-state index contributed by atoms with van der Waals surface area (Å²) in [5.41, 5.74) is 2.21. The van der Waals surface area contributed by atoms with Crippen LogP contribution in [0.25, 0.3) is 11.0 Å². The average molecular weight is 564 g/mol. The topological polar surface area (TPSA) is 98.1 Å². The molecule has 2 saturated carbocycles. The molecule has 1 N–H and O–H groups in total. The van der Waals surface area contributed by atoms with Crippen LogP contribution in [0.2, 0.25) is 5.02 Å². The number of nitrogens with zero attached hydrogens (tertiary/aromatic N) is 2. The van der Waals surface area contributed by atoms with Crippen LogP contribution in [0.3, 0.4) is 0 Å². The highest BCUT2D eigenvalue weighted by molar-refractivity contribution is 7.90. The zero-order valence-corrected chi connectivity index (χ0v) is 23.6. The van der Waals surface area contributed by atoms with Crippen LogP contribution < -0.4 is 4.72 Å². The van der Waals surface area contributed by atoms with E-state index in [1.807, 2.05) is 6.92 Å². The van der Waals surface area contributed by atoms with Gasteiger partial charge in [-0.3, -0.25) is 0 Å². The van der Waals surface area contributed by atoms with Crippen LogP contribution in [0.5, 0.6) is 0 Å². The summed E-state index contributed by atoms with van der Waals surface area (Å²) in [4.78, 5) is 4.70. The smallest absolute Gasteiger partial charge is 0.237 e. The maximum atomic E-state index is 13.2. The van der Waals surface area contributed by atoms with E-state index in [1.165, 1.54) is 10.2 Å². The summed E-state index contributed by atoms with van der Waals surface area (Å²) < 4.78 is 55.3. The van der Waals surface area contributed by atoms with Gasteiger partial charge in [0.25, 0.3) is 10.0 Å². The van der Waals surface area contributed by atoms with Crippen LogP contribution in [0, 0.1) is 18.8 Å². The molecule has 2 aromatic heterocycles. The monoisotopic (exact) mass is 563 g/mol. The van der Waals surface area contributed by atoms with E-state index >= 15 is 0 Å². The molecule has 0 saturated heterocycles. The minimum absolute atomic E-state index is 0.0393. The Morgan fingerprint density at radius 3 is 2.43 bits per heavy atom. The molecule has 0 bridgehead atoms. The molecule has 37 heavy (non-hydrogen) atoms. The molecule has 7 nitrogen and oxygen atoms in total. The zero-order valence-electron chi connectivity index (χ0n) is 21.2. The summed E-state index contributed by atoms with van der Waals surface area (Å²) in [5.74, 6) is 0.997. The maximum absolute atomic E-state index is 13.2. The number of hydrogen-bond acceptors (Lipinski definition) is 5. The Bertz CT molecular complexity index is 1500. The van der Waals surface area contributed by atoms with Gasteiger partial charge in [-0.05, 0) is 87.5 Å². The highest BCUT2D eigenvalue weighted by atomic mass is 35.5. The molecule has 0 aliphatic heterocycles. The van der Waals surface area contributed by atoms with Crippen LogP contribution in [0.1, 0.15) is 63.0 Å². The average Bonchev–Trinajstić information content (AvgIpc) is 3.53. The summed E-state index contributed by atoms with van der Waals surface area (Å²) in [6.07, 6.45) is 10.2. The number of aromatic nitrogens is 2. The second-order valence-corrected chi connectivity index (χ2v) is 14.8. The molecule has 5 rings (SSSR count). The Kier molecular flexibility index (Phi) is 7.44. The zero-order chi connectivity index (χ0) is 26.4. The van der Waals surface area contributed by atoms with Crippen LogP contribution in [0.4, 0.5) is 0 Å². The van der Waals surface area contributed by atoms with Crippen molar-refractivity contribution in [1.82, 2.24) is 13.7 Å². The third-order valence-electron chi connectivity index (χ3n) is 7.95. The molecular formula is C27H34ClN3O4S2. The lowest BCUT2D eigenvalue weighted by molar-refractivity contribution is 0.347. The Morgan fingerprint density at radius 1 is 1.05 bits per heavy atom. The Hall–Kier alpha value is -1.94. The van der Waals surface area contributed by atoms with Crippen molar-refractivity contribution in [2.45, 2.75) is 81.4 Å². The fraction of sp³-hybridized carbons (Fsp3) is 0.519. The van der Waals surface area contributed by atoms with E-state index in [4.69, 9.17) is 11.6 Å². The lowest BCUT2D eigenvalue weighted by Crippen LogP contribution is -2.35. The number of benzene rings is 1. The van der Waals surface area contributed by atoms with Crippen molar-refractivity contribution >= 4 is 42.7 Å². The Morgan fingerprint density at radius 2 is 1.76 bits per heavy atom. The number of aryl methyl sites for hydroxylation is 2. The summed E-state index contributed by atoms with van der Waals surface area (Å²) in [5, 5.41) is 0.978. The van der Waals surface area contributed by atoms with Crippen molar-refractivity contribution in [3.8, 4) is 0 Å². The largest absolute Gasteiger partial charge is 0.269 e.